The van der Waals surface area contributed by atoms with Crippen LogP contribution >= 0.6 is 0 Å². The van der Waals surface area contributed by atoms with E-state index in [9.17, 15) is 0 Å². The quantitative estimate of drug-likeness (QED) is 0.267. The van der Waals surface area contributed by atoms with E-state index in [4.69, 9.17) is 10.5 Å². The molecule has 0 aliphatic carbocycles. The van der Waals surface area contributed by atoms with Gasteiger partial charge in [-0.15, -0.1) is 13.2 Å². The van der Waals surface area contributed by atoms with Crippen molar-refractivity contribution in [2.45, 2.75) is 0 Å². The van der Waals surface area contributed by atoms with E-state index in [2.05, 4.69) is 22.9 Å². The lowest BCUT2D eigenvalue weighted by Gasteiger charge is -1.94. The Bertz CT molecular complexity index is 62.1. The van der Waals surface area contributed by atoms with Crippen LogP contribution in [0.2, 0.25) is 0 Å². The number of rotatable bonds is 5. The van der Waals surface area contributed by atoms with Gasteiger partial charge in [0.25, 0.3) is 0 Å². The van der Waals surface area contributed by atoms with E-state index >= 15 is 0 Å². The molecule has 0 atom stereocenters. The van der Waals surface area contributed by atoms with Gasteiger partial charge in [-0.25, -0.2) is 9.78 Å². The number of hydrogen-bond donors (Lipinski definition) is 2. The molecule has 0 amide bonds. The van der Waals surface area contributed by atoms with Crippen LogP contribution < -0.4 is 0 Å². The minimum Gasteiger partial charge on any atom is -0.255 e. The summed E-state index contributed by atoms with van der Waals surface area (Å²) >= 11 is 0. The van der Waals surface area contributed by atoms with E-state index in [1.165, 1.54) is 0 Å². The van der Waals surface area contributed by atoms with E-state index in [0.29, 0.717) is 13.2 Å². The third kappa shape index (κ3) is 15.7. The maximum atomic E-state index is 6.00. The Morgan fingerprint density at radius 1 is 1.00 bits per heavy atom. The van der Waals surface area contributed by atoms with Crippen LogP contribution in [0.1, 0.15) is 0 Å². The Morgan fingerprint density at radius 2 is 1.30 bits per heavy atom. The molecule has 0 radical (unpaired) electrons. The van der Waals surface area contributed by atoms with E-state index in [-0.39, 0.29) is 0 Å². The van der Waals surface area contributed by atoms with Crippen molar-refractivity contribution in [3.05, 3.63) is 25.3 Å². The molecule has 0 aromatic rings. The van der Waals surface area contributed by atoms with Crippen molar-refractivity contribution in [2.24, 2.45) is 0 Å². The zero-order valence-electron chi connectivity index (χ0n) is 5.69. The Labute approximate surface area is 59.9 Å². The molecule has 0 aliphatic rings. The molecule has 0 heterocycles. The smallest absolute Gasteiger partial charge is 0.100 e. The lowest BCUT2D eigenvalue weighted by molar-refractivity contribution is -0.277. The second-order valence-electron chi connectivity index (χ2n) is 1.15. The van der Waals surface area contributed by atoms with Crippen molar-refractivity contribution >= 4 is 0 Å². The lowest BCUT2D eigenvalue weighted by atomic mass is 10.7. The topological polar surface area (TPSA) is 58.9 Å². The van der Waals surface area contributed by atoms with Crippen molar-refractivity contribution in [3.63, 3.8) is 0 Å². The van der Waals surface area contributed by atoms with E-state index in [0.717, 1.165) is 0 Å². The van der Waals surface area contributed by atoms with Gasteiger partial charge in [0, 0.05) is 0 Å². The highest BCUT2D eigenvalue weighted by Crippen LogP contribution is 1.77. The van der Waals surface area contributed by atoms with Gasteiger partial charge < -0.3 is 0 Å². The van der Waals surface area contributed by atoms with Crippen LogP contribution in [-0.4, -0.2) is 23.7 Å². The first kappa shape index (κ1) is 12.0. The normalized spacial score (nSPS) is 7.40. The largest absolute Gasteiger partial charge is 0.255 e. The van der Waals surface area contributed by atoms with Crippen LogP contribution in [0.25, 0.3) is 0 Å². The average Bonchev–Trinajstić information content (AvgIpc) is 2.02. The molecule has 2 N–H and O–H groups in total. The SMILES string of the molecule is C=CCOOCC=C.OO. The molecule has 0 aromatic heterocycles. The molecule has 60 valence electrons. The van der Waals surface area contributed by atoms with Crippen LogP contribution in [0.4, 0.5) is 0 Å². The highest BCUT2D eigenvalue weighted by Gasteiger charge is 1.76. The molecule has 0 aliphatic heterocycles. The predicted molar refractivity (Wildman–Crippen MR) is 37.6 cm³/mol. The van der Waals surface area contributed by atoms with Gasteiger partial charge in [-0.2, -0.15) is 0 Å². The van der Waals surface area contributed by atoms with Crippen molar-refractivity contribution in [1.82, 2.24) is 0 Å². The van der Waals surface area contributed by atoms with Crippen LogP contribution in [0.3, 0.4) is 0 Å². The van der Waals surface area contributed by atoms with Gasteiger partial charge in [-0.05, 0) is 0 Å². The summed E-state index contributed by atoms with van der Waals surface area (Å²) in [4.78, 5) is 9.07. The lowest BCUT2D eigenvalue weighted by Crippen LogP contribution is -1.92. The highest BCUT2D eigenvalue weighted by molar-refractivity contribution is 4.64. The molecule has 0 spiro atoms. The molecule has 4 nitrogen and oxygen atoms in total. The van der Waals surface area contributed by atoms with Gasteiger partial charge in [0.05, 0.1) is 0 Å². The third-order valence-electron chi connectivity index (χ3n) is 0.455. The molecule has 0 unspecified atom stereocenters. The van der Waals surface area contributed by atoms with Gasteiger partial charge >= 0.3 is 0 Å². The zero-order chi connectivity index (χ0) is 8.24. The van der Waals surface area contributed by atoms with Crippen molar-refractivity contribution in [3.8, 4) is 0 Å². The standard InChI is InChI=1S/C6H10O2.H2O2/c1-3-5-7-8-6-4-2;1-2/h3-4H,1-2,5-6H2;1-2H. The summed E-state index contributed by atoms with van der Waals surface area (Å²) in [7, 11) is 0. The maximum Gasteiger partial charge on any atom is 0.100 e. The Hall–Kier alpha value is -0.680. The maximum absolute atomic E-state index is 6.00. The molecule has 0 rings (SSSR count). The van der Waals surface area contributed by atoms with E-state index in [1.54, 1.807) is 12.2 Å². The third-order valence-corrected chi connectivity index (χ3v) is 0.455. The average molecular weight is 148 g/mol. The summed E-state index contributed by atoms with van der Waals surface area (Å²) in [6.45, 7) is 7.70. The van der Waals surface area contributed by atoms with Crippen molar-refractivity contribution < 1.29 is 20.3 Å². The Morgan fingerprint density at radius 3 is 1.50 bits per heavy atom. The van der Waals surface area contributed by atoms with Crippen LogP contribution in [-0.2, 0) is 9.78 Å². The molecule has 0 bridgehead atoms. The van der Waals surface area contributed by atoms with Gasteiger partial charge in [-0.3, -0.25) is 10.5 Å². The zero-order valence-corrected chi connectivity index (χ0v) is 5.69. The van der Waals surface area contributed by atoms with Gasteiger partial charge in [0.15, 0.2) is 0 Å². The first-order valence-corrected chi connectivity index (χ1v) is 2.58. The summed E-state index contributed by atoms with van der Waals surface area (Å²) < 4.78 is 0. The van der Waals surface area contributed by atoms with Gasteiger partial charge in [0.2, 0.25) is 0 Å². The first-order valence-electron chi connectivity index (χ1n) is 2.58. The van der Waals surface area contributed by atoms with Crippen molar-refractivity contribution in [2.75, 3.05) is 13.2 Å². The fourth-order valence-corrected chi connectivity index (χ4v) is 0.192. The summed E-state index contributed by atoms with van der Waals surface area (Å²) in [5.41, 5.74) is 0. The highest BCUT2D eigenvalue weighted by atomic mass is 17.2. The molecule has 0 fully saturated rings. The molecular formula is C6H12O4. The van der Waals surface area contributed by atoms with E-state index in [1.807, 2.05) is 0 Å². The molecule has 0 saturated carbocycles. The molecule has 4 heteroatoms. The molecule has 0 saturated heterocycles. The second-order valence-corrected chi connectivity index (χ2v) is 1.15. The Kier molecular flexibility index (Phi) is 19.0. The minimum absolute atomic E-state index is 0.424. The minimum atomic E-state index is 0.424. The molecular weight excluding hydrogens is 136 g/mol. The van der Waals surface area contributed by atoms with Gasteiger partial charge in [0.1, 0.15) is 13.2 Å². The second kappa shape index (κ2) is 15.8. The monoisotopic (exact) mass is 148 g/mol. The van der Waals surface area contributed by atoms with Crippen LogP contribution in [0.15, 0.2) is 25.3 Å². The summed E-state index contributed by atoms with van der Waals surface area (Å²) in [5, 5.41) is 12.0. The summed E-state index contributed by atoms with van der Waals surface area (Å²) in [6, 6.07) is 0. The predicted octanol–water partition coefficient (Wildman–Crippen LogP) is 1.32. The first-order chi connectivity index (χ1) is 4.91. The molecule has 0 aromatic carbocycles. The fourth-order valence-electron chi connectivity index (χ4n) is 0.192. The molecule has 10 heavy (non-hydrogen) atoms. The summed E-state index contributed by atoms with van der Waals surface area (Å²) in [5.74, 6) is 0. The van der Waals surface area contributed by atoms with Crippen LogP contribution in [0, 0.1) is 0 Å². The summed E-state index contributed by atoms with van der Waals surface area (Å²) in [6.07, 6.45) is 3.23. The van der Waals surface area contributed by atoms with Crippen LogP contribution in [0.5, 0.6) is 0 Å². The van der Waals surface area contributed by atoms with Gasteiger partial charge in [-0.1, -0.05) is 12.2 Å². The van der Waals surface area contributed by atoms with Crippen molar-refractivity contribution in [1.29, 1.82) is 0 Å². The van der Waals surface area contributed by atoms with E-state index < -0.39 is 0 Å². The fraction of sp³-hybridized carbons (Fsp3) is 0.333. The number of hydrogen-bond acceptors (Lipinski definition) is 4. The Balaban J connectivity index is 0.